The highest BCUT2D eigenvalue weighted by atomic mass is 32.1. The third kappa shape index (κ3) is 4.33. The standard InChI is InChI=1S/C12H20N2OS/c1-4-13-6-5-12(15)14-8-11-7-9(2)10(3)16-11/h7,13H,4-6,8H2,1-3H3,(H,14,15). The summed E-state index contributed by atoms with van der Waals surface area (Å²) in [6.07, 6.45) is 0.553. The zero-order chi connectivity index (χ0) is 12.0. The maximum Gasteiger partial charge on any atom is 0.221 e. The summed E-state index contributed by atoms with van der Waals surface area (Å²) < 4.78 is 0. The van der Waals surface area contributed by atoms with E-state index >= 15 is 0 Å². The molecule has 2 N–H and O–H groups in total. The molecular weight excluding hydrogens is 220 g/mol. The summed E-state index contributed by atoms with van der Waals surface area (Å²) in [6, 6.07) is 2.14. The summed E-state index contributed by atoms with van der Waals surface area (Å²) in [5.74, 6) is 0.115. The third-order valence-corrected chi connectivity index (χ3v) is 3.61. The van der Waals surface area contributed by atoms with Crippen LogP contribution in [-0.4, -0.2) is 19.0 Å². The van der Waals surface area contributed by atoms with Crippen LogP contribution in [0.2, 0.25) is 0 Å². The molecule has 0 fully saturated rings. The SMILES string of the molecule is CCNCCC(=O)NCc1cc(C)c(C)s1. The van der Waals surface area contributed by atoms with E-state index in [1.54, 1.807) is 11.3 Å². The van der Waals surface area contributed by atoms with Crippen LogP contribution in [0.3, 0.4) is 0 Å². The zero-order valence-corrected chi connectivity index (χ0v) is 11.0. The Morgan fingerprint density at radius 3 is 2.75 bits per heavy atom. The molecule has 0 bridgehead atoms. The summed E-state index contributed by atoms with van der Waals surface area (Å²) in [7, 11) is 0. The molecule has 0 unspecified atom stereocenters. The van der Waals surface area contributed by atoms with Gasteiger partial charge in [0.2, 0.25) is 5.91 Å². The monoisotopic (exact) mass is 240 g/mol. The summed E-state index contributed by atoms with van der Waals surface area (Å²) in [6.45, 7) is 8.57. The Kier molecular flexibility index (Phi) is 5.49. The van der Waals surface area contributed by atoms with Crippen LogP contribution in [0.15, 0.2) is 6.07 Å². The molecule has 1 rings (SSSR count). The average Bonchev–Trinajstić information content (AvgIpc) is 2.56. The van der Waals surface area contributed by atoms with E-state index < -0.39 is 0 Å². The van der Waals surface area contributed by atoms with E-state index in [0.717, 1.165) is 13.1 Å². The fourth-order valence-corrected chi connectivity index (χ4v) is 2.38. The lowest BCUT2D eigenvalue weighted by atomic mass is 10.3. The Bertz CT molecular complexity index is 327. The Labute approximate surface area is 101 Å². The van der Waals surface area contributed by atoms with Crippen molar-refractivity contribution in [2.75, 3.05) is 13.1 Å². The van der Waals surface area contributed by atoms with Crippen LogP contribution in [-0.2, 0) is 11.3 Å². The molecule has 0 radical (unpaired) electrons. The van der Waals surface area contributed by atoms with Crippen molar-refractivity contribution in [1.29, 1.82) is 0 Å². The number of carbonyl (C=O) groups excluding carboxylic acids is 1. The van der Waals surface area contributed by atoms with Crippen molar-refractivity contribution in [2.24, 2.45) is 0 Å². The quantitative estimate of drug-likeness (QED) is 0.747. The van der Waals surface area contributed by atoms with Crippen molar-refractivity contribution in [1.82, 2.24) is 10.6 Å². The average molecular weight is 240 g/mol. The predicted octanol–water partition coefficient (Wildman–Crippen LogP) is 1.98. The van der Waals surface area contributed by atoms with E-state index in [0.29, 0.717) is 13.0 Å². The van der Waals surface area contributed by atoms with E-state index in [-0.39, 0.29) is 5.91 Å². The van der Waals surface area contributed by atoms with Crippen molar-refractivity contribution in [2.45, 2.75) is 33.7 Å². The lowest BCUT2D eigenvalue weighted by Gasteiger charge is -2.03. The van der Waals surface area contributed by atoms with Crippen LogP contribution in [0, 0.1) is 13.8 Å². The highest BCUT2D eigenvalue weighted by Crippen LogP contribution is 2.20. The van der Waals surface area contributed by atoms with E-state index in [1.807, 2.05) is 6.92 Å². The summed E-state index contributed by atoms with van der Waals surface area (Å²) in [4.78, 5) is 14.0. The van der Waals surface area contributed by atoms with Gasteiger partial charge in [-0.3, -0.25) is 4.79 Å². The first-order valence-corrected chi connectivity index (χ1v) is 6.48. The molecular formula is C12H20N2OS. The van der Waals surface area contributed by atoms with Crippen LogP contribution in [0.5, 0.6) is 0 Å². The first-order valence-electron chi connectivity index (χ1n) is 5.66. The fourth-order valence-electron chi connectivity index (χ4n) is 1.39. The van der Waals surface area contributed by atoms with Crippen LogP contribution in [0.25, 0.3) is 0 Å². The number of nitrogens with one attached hydrogen (secondary N) is 2. The van der Waals surface area contributed by atoms with Crippen LogP contribution >= 0.6 is 11.3 Å². The fraction of sp³-hybridized carbons (Fsp3) is 0.583. The molecule has 1 amide bonds. The summed E-state index contributed by atoms with van der Waals surface area (Å²) in [5, 5.41) is 6.06. The first kappa shape index (κ1) is 13.2. The van der Waals surface area contributed by atoms with Gasteiger partial charge in [-0.15, -0.1) is 11.3 Å². The molecule has 1 aromatic rings. The van der Waals surface area contributed by atoms with Gasteiger partial charge in [0.05, 0.1) is 6.54 Å². The van der Waals surface area contributed by atoms with E-state index in [2.05, 4.69) is 30.5 Å². The molecule has 0 atom stereocenters. The summed E-state index contributed by atoms with van der Waals surface area (Å²) >= 11 is 1.75. The van der Waals surface area contributed by atoms with Crippen molar-refractivity contribution in [3.8, 4) is 0 Å². The highest BCUT2D eigenvalue weighted by Gasteiger charge is 2.04. The molecule has 0 aromatic carbocycles. The predicted molar refractivity (Wildman–Crippen MR) is 68.8 cm³/mol. The van der Waals surface area contributed by atoms with E-state index in [9.17, 15) is 4.79 Å². The normalized spacial score (nSPS) is 10.4. The number of hydrogen-bond acceptors (Lipinski definition) is 3. The van der Waals surface area contributed by atoms with Crippen molar-refractivity contribution in [3.63, 3.8) is 0 Å². The molecule has 0 saturated heterocycles. The van der Waals surface area contributed by atoms with Gasteiger partial charge in [-0.25, -0.2) is 0 Å². The Morgan fingerprint density at radius 1 is 1.44 bits per heavy atom. The minimum Gasteiger partial charge on any atom is -0.351 e. The minimum absolute atomic E-state index is 0.115. The molecule has 90 valence electrons. The second kappa shape index (κ2) is 6.66. The second-order valence-electron chi connectivity index (χ2n) is 3.83. The Balaban J connectivity index is 2.26. The van der Waals surface area contributed by atoms with Crippen molar-refractivity contribution in [3.05, 3.63) is 21.4 Å². The first-order chi connectivity index (χ1) is 7.63. The zero-order valence-electron chi connectivity index (χ0n) is 10.2. The van der Waals surface area contributed by atoms with Gasteiger partial charge in [-0.2, -0.15) is 0 Å². The van der Waals surface area contributed by atoms with Crippen LogP contribution in [0.4, 0.5) is 0 Å². The van der Waals surface area contributed by atoms with Gasteiger partial charge < -0.3 is 10.6 Å². The number of aryl methyl sites for hydroxylation is 2. The van der Waals surface area contributed by atoms with E-state index in [4.69, 9.17) is 0 Å². The number of thiophene rings is 1. The van der Waals surface area contributed by atoms with Crippen molar-refractivity contribution < 1.29 is 4.79 Å². The smallest absolute Gasteiger partial charge is 0.221 e. The highest BCUT2D eigenvalue weighted by molar-refractivity contribution is 7.12. The molecule has 4 heteroatoms. The minimum atomic E-state index is 0.115. The Morgan fingerprint density at radius 2 is 2.19 bits per heavy atom. The second-order valence-corrected chi connectivity index (χ2v) is 5.17. The largest absolute Gasteiger partial charge is 0.351 e. The molecule has 0 spiro atoms. The molecule has 1 heterocycles. The van der Waals surface area contributed by atoms with Crippen LogP contribution in [0.1, 0.15) is 28.7 Å². The maximum atomic E-state index is 11.4. The van der Waals surface area contributed by atoms with Gasteiger partial charge in [-0.05, 0) is 32.0 Å². The lowest BCUT2D eigenvalue weighted by molar-refractivity contribution is -0.121. The van der Waals surface area contributed by atoms with Gasteiger partial charge in [0, 0.05) is 22.7 Å². The lowest BCUT2D eigenvalue weighted by Crippen LogP contribution is -2.26. The molecule has 1 aromatic heterocycles. The van der Waals surface area contributed by atoms with Gasteiger partial charge in [0.15, 0.2) is 0 Å². The topological polar surface area (TPSA) is 41.1 Å². The van der Waals surface area contributed by atoms with Gasteiger partial charge in [-0.1, -0.05) is 6.92 Å². The maximum absolute atomic E-state index is 11.4. The molecule has 0 saturated carbocycles. The molecule has 0 aliphatic heterocycles. The Hall–Kier alpha value is -0.870. The number of hydrogen-bond donors (Lipinski definition) is 2. The summed E-state index contributed by atoms with van der Waals surface area (Å²) in [5.41, 5.74) is 1.31. The molecule has 0 aliphatic rings. The van der Waals surface area contributed by atoms with E-state index in [1.165, 1.54) is 15.3 Å². The van der Waals surface area contributed by atoms with Crippen molar-refractivity contribution >= 4 is 17.2 Å². The molecule has 0 aliphatic carbocycles. The molecule has 16 heavy (non-hydrogen) atoms. The molecule has 3 nitrogen and oxygen atoms in total. The third-order valence-electron chi connectivity index (χ3n) is 2.46. The van der Waals surface area contributed by atoms with Gasteiger partial charge >= 0.3 is 0 Å². The number of carbonyl (C=O) groups is 1. The number of amides is 1. The van der Waals surface area contributed by atoms with Gasteiger partial charge in [0.1, 0.15) is 0 Å². The van der Waals surface area contributed by atoms with Crippen LogP contribution < -0.4 is 10.6 Å². The number of rotatable bonds is 6. The van der Waals surface area contributed by atoms with Gasteiger partial charge in [0.25, 0.3) is 0 Å².